The molecule has 2 amide bonds. The van der Waals surface area contributed by atoms with E-state index in [0.717, 1.165) is 19.3 Å². The van der Waals surface area contributed by atoms with Crippen molar-refractivity contribution < 1.29 is 9.59 Å². The van der Waals surface area contributed by atoms with Gasteiger partial charge in [0.15, 0.2) is 5.13 Å². The lowest BCUT2D eigenvalue weighted by Crippen LogP contribution is -2.35. The van der Waals surface area contributed by atoms with Crippen LogP contribution in [0.4, 0.5) is 5.13 Å². The van der Waals surface area contributed by atoms with Gasteiger partial charge in [-0.3, -0.25) is 14.9 Å². The highest BCUT2D eigenvalue weighted by molar-refractivity contribution is 7.13. The number of anilines is 1. The molecule has 1 heterocycles. The van der Waals surface area contributed by atoms with Crippen LogP contribution >= 0.6 is 11.3 Å². The molecular formula is C15H17N3O2S. The molecule has 0 saturated heterocycles. The summed E-state index contributed by atoms with van der Waals surface area (Å²) in [5, 5.41) is 7.21. The molecule has 6 heteroatoms. The molecule has 0 radical (unpaired) electrons. The first-order valence-corrected chi connectivity index (χ1v) is 7.66. The fraction of sp³-hybridized carbons (Fsp3) is 0.267. The van der Waals surface area contributed by atoms with Crippen LogP contribution in [-0.4, -0.2) is 23.3 Å². The molecule has 2 rings (SSSR count). The molecule has 0 spiro atoms. The lowest BCUT2D eigenvalue weighted by molar-refractivity contribution is -0.136. The Bertz CT molecular complexity index is 570. The van der Waals surface area contributed by atoms with Crippen LogP contribution in [0.3, 0.4) is 0 Å². The first-order valence-electron chi connectivity index (χ1n) is 6.78. The van der Waals surface area contributed by atoms with Gasteiger partial charge in [-0.05, 0) is 24.8 Å². The summed E-state index contributed by atoms with van der Waals surface area (Å²) in [5.74, 6) is -1.29. The minimum Gasteiger partial charge on any atom is -0.348 e. The predicted octanol–water partition coefficient (Wildman–Crippen LogP) is 2.22. The van der Waals surface area contributed by atoms with Gasteiger partial charge in [-0.25, -0.2) is 4.98 Å². The molecule has 0 fully saturated rings. The highest BCUT2D eigenvalue weighted by Gasteiger charge is 2.13. The summed E-state index contributed by atoms with van der Waals surface area (Å²) in [6.07, 6.45) is 4.35. The van der Waals surface area contributed by atoms with E-state index in [1.54, 1.807) is 11.6 Å². The molecule has 0 bridgehead atoms. The minimum absolute atomic E-state index is 0.430. The lowest BCUT2D eigenvalue weighted by Gasteiger charge is -2.05. The van der Waals surface area contributed by atoms with Crippen LogP contribution < -0.4 is 10.6 Å². The Labute approximate surface area is 127 Å². The molecular weight excluding hydrogens is 286 g/mol. The molecule has 21 heavy (non-hydrogen) atoms. The summed E-state index contributed by atoms with van der Waals surface area (Å²) in [5.41, 5.74) is 1.28. The SMILES string of the molecule is O=C(NCCCCc1ccccc1)C(=O)Nc1nccs1. The summed E-state index contributed by atoms with van der Waals surface area (Å²) in [7, 11) is 0. The third-order valence-electron chi connectivity index (χ3n) is 2.88. The normalized spacial score (nSPS) is 10.1. The average Bonchev–Trinajstić information content (AvgIpc) is 3.00. The third-order valence-corrected chi connectivity index (χ3v) is 3.57. The van der Waals surface area contributed by atoms with Crippen molar-refractivity contribution in [2.75, 3.05) is 11.9 Å². The second-order valence-corrected chi connectivity index (χ2v) is 5.38. The molecule has 0 atom stereocenters. The van der Waals surface area contributed by atoms with Crippen molar-refractivity contribution in [2.24, 2.45) is 0 Å². The number of aromatic nitrogens is 1. The van der Waals surface area contributed by atoms with E-state index in [-0.39, 0.29) is 0 Å². The molecule has 2 N–H and O–H groups in total. The van der Waals surface area contributed by atoms with Crippen molar-refractivity contribution in [3.05, 3.63) is 47.5 Å². The monoisotopic (exact) mass is 303 g/mol. The minimum atomic E-state index is -0.673. The quantitative estimate of drug-likeness (QED) is 0.635. The van der Waals surface area contributed by atoms with Gasteiger partial charge >= 0.3 is 11.8 Å². The Hall–Kier alpha value is -2.21. The Morgan fingerprint density at radius 1 is 1.10 bits per heavy atom. The van der Waals surface area contributed by atoms with Crippen LogP contribution in [0.5, 0.6) is 0 Å². The van der Waals surface area contributed by atoms with Crippen molar-refractivity contribution in [3.8, 4) is 0 Å². The van der Waals surface area contributed by atoms with Gasteiger partial charge < -0.3 is 5.32 Å². The summed E-state index contributed by atoms with van der Waals surface area (Å²) in [4.78, 5) is 27.0. The van der Waals surface area contributed by atoms with E-state index in [2.05, 4.69) is 27.8 Å². The van der Waals surface area contributed by atoms with Gasteiger partial charge in [0.05, 0.1) is 0 Å². The second-order valence-electron chi connectivity index (χ2n) is 4.49. The smallest absolute Gasteiger partial charge is 0.315 e. The van der Waals surface area contributed by atoms with E-state index >= 15 is 0 Å². The van der Waals surface area contributed by atoms with Gasteiger partial charge in [-0.1, -0.05) is 30.3 Å². The third kappa shape index (κ3) is 5.35. The number of nitrogens with zero attached hydrogens (tertiary/aromatic N) is 1. The van der Waals surface area contributed by atoms with Gasteiger partial charge in [0.1, 0.15) is 0 Å². The van der Waals surface area contributed by atoms with Crippen LogP contribution in [0.2, 0.25) is 0 Å². The summed E-state index contributed by atoms with van der Waals surface area (Å²) >= 11 is 1.28. The Morgan fingerprint density at radius 3 is 2.62 bits per heavy atom. The molecule has 0 aliphatic carbocycles. The molecule has 110 valence electrons. The van der Waals surface area contributed by atoms with E-state index in [4.69, 9.17) is 0 Å². The van der Waals surface area contributed by atoms with Crippen molar-refractivity contribution in [2.45, 2.75) is 19.3 Å². The van der Waals surface area contributed by atoms with Gasteiger partial charge in [-0.2, -0.15) is 0 Å². The van der Waals surface area contributed by atoms with Crippen molar-refractivity contribution in [1.82, 2.24) is 10.3 Å². The average molecular weight is 303 g/mol. The van der Waals surface area contributed by atoms with Crippen molar-refractivity contribution in [3.63, 3.8) is 0 Å². The highest BCUT2D eigenvalue weighted by atomic mass is 32.1. The van der Waals surface area contributed by atoms with Crippen LogP contribution in [0.1, 0.15) is 18.4 Å². The standard InChI is InChI=1S/C15H17N3O2S/c19-13(14(20)18-15-17-10-11-21-15)16-9-5-4-8-12-6-2-1-3-7-12/h1-3,6-7,10-11H,4-5,8-9H2,(H,16,19)(H,17,18,20). The van der Waals surface area contributed by atoms with Gasteiger partial charge in [0.2, 0.25) is 0 Å². The van der Waals surface area contributed by atoms with Gasteiger partial charge in [0, 0.05) is 18.1 Å². The number of hydrogen-bond acceptors (Lipinski definition) is 4. The fourth-order valence-corrected chi connectivity index (χ4v) is 2.34. The molecule has 2 aromatic rings. The summed E-state index contributed by atoms with van der Waals surface area (Å²) in [6, 6.07) is 10.2. The number of unbranched alkanes of at least 4 members (excludes halogenated alkanes) is 1. The Kier molecular flexibility index (Phi) is 5.90. The number of thiazole rings is 1. The van der Waals surface area contributed by atoms with E-state index in [0.29, 0.717) is 11.7 Å². The molecule has 0 unspecified atom stereocenters. The topological polar surface area (TPSA) is 71.1 Å². The summed E-state index contributed by atoms with van der Waals surface area (Å²) < 4.78 is 0. The number of amides is 2. The number of benzene rings is 1. The zero-order chi connectivity index (χ0) is 14.9. The summed E-state index contributed by atoms with van der Waals surface area (Å²) in [6.45, 7) is 0.497. The predicted molar refractivity (Wildman–Crippen MR) is 83.1 cm³/mol. The van der Waals surface area contributed by atoms with Crippen LogP contribution in [0, 0.1) is 0 Å². The van der Waals surface area contributed by atoms with Gasteiger partial charge in [0.25, 0.3) is 0 Å². The largest absolute Gasteiger partial charge is 0.348 e. The zero-order valence-electron chi connectivity index (χ0n) is 11.5. The van der Waals surface area contributed by atoms with E-state index in [1.165, 1.54) is 16.9 Å². The number of carbonyl (C=O) groups is 2. The van der Waals surface area contributed by atoms with Gasteiger partial charge in [-0.15, -0.1) is 11.3 Å². The highest BCUT2D eigenvalue weighted by Crippen LogP contribution is 2.09. The second kappa shape index (κ2) is 8.16. The number of rotatable bonds is 6. The van der Waals surface area contributed by atoms with Crippen LogP contribution in [0.15, 0.2) is 41.9 Å². The number of aryl methyl sites for hydroxylation is 1. The molecule has 0 aliphatic heterocycles. The van der Waals surface area contributed by atoms with E-state index in [1.807, 2.05) is 18.2 Å². The lowest BCUT2D eigenvalue weighted by atomic mass is 10.1. The molecule has 1 aromatic carbocycles. The number of carbonyl (C=O) groups excluding carboxylic acids is 2. The maximum absolute atomic E-state index is 11.6. The van der Waals surface area contributed by atoms with Crippen molar-refractivity contribution in [1.29, 1.82) is 0 Å². The number of hydrogen-bond donors (Lipinski definition) is 2. The Balaban J connectivity index is 1.60. The van der Waals surface area contributed by atoms with Crippen LogP contribution in [0.25, 0.3) is 0 Å². The zero-order valence-corrected chi connectivity index (χ0v) is 12.4. The first kappa shape index (κ1) is 15.2. The molecule has 0 aliphatic rings. The molecule has 5 nitrogen and oxygen atoms in total. The molecule has 0 saturated carbocycles. The fourth-order valence-electron chi connectivity index (χ4n) is 1.82. The Morgan fingerprint density at radius 2 is 1.90 bits per heavy atom. The van der Waals surface area contributed by atoms with E-state index < -0.39 is 11.8 Å². The molecule has 1 aromatic heterocycles. The number of nitrogens with one attached hydrogen (secondary N) is 2. The van der Waals surface area contributed by atoms with Crippen molar-refractivity contribution >= 4 is 28.3 Å². The first-order chi connectivity index (χ1) is 10.3. The van der Waals surface area contributed by atoms with Crippen LogP contribution in [-0.2, 0) is 16.0 Å². The van der Waals surface area contributed by atoms with E-state index in [9.17, 15) is 9.59 Å². The maximum Gasteiger partial charge on any atom is 0.315 e. The maximum atomic E-state index is 11.6.